The summed E-state index contributed by atoms with van der Waals surface area (Å²) >= 11 is 1.14. The van der Waals surface area contributed by atoms with Crippen molar-refractivity contribution in [2.75, 3.05) is 17.7 Å². The van der Waals surface area contributed by atoms with E-state index in [4.69, 9.17) is 10.7 Å². The zero-order chi connectivity index (χ0) is 28.8. The fourth-order valence-electron chi connectivity index (χ4n) is 5.02. The minimum Gasteiger partial charge on any atom is -0.375 e. The van der Waals surface area contributed by atoms with Crippen LogP contribution in [0, 0.1) is 18.7 Å². The minimum absolute atomic E-state index is 0.208. The van der Waals surface area contributed by atoms with Crippen molar-refractivity contribution < 1.29 is 9.18 Å². The lowest BCUT2D eigenvalue weighted by Crippen LogP contribution is -2.30. The maximum absolute atomic E-state index is 14.8. The number of thiazole rings is 1. The molecule has 1 atom stereocenters. The van der Waals surface area contributed by atoms with Crippen LogP contribution >= 0.6 is 11.3 Å². The van der Waals surface area contributed by atoms with E-state index in [1.54, 1.807) is 44.3 Å². The van der Waals surface area contributed by atoms with Gasteiger partial charge in [-0.25, -0.2) is 19.2 Å². The second-order valence-corrected chi connectivity index (χ2v) is 11.4. The van der Waals surface area contributed by atoms with E-state index in [0.717, 1.165) is 29.7 Å². The number of nitrogens with one attached hydrogen (secondary N) is 2. The van der Waals surface area contributed by atoms with Crippen molar-refractivity contribution in [2.45, 2.75) is 38.6 Å². The predicted octanol–water partition coefficient (Wildman–Crippen LogP) is 3.96. The Morgan fingerprint density at radius 3 is 2.54 bits per heavy atom. The standard InChI is InChI=1S/C29H28FN7O3S/c1-15-23(41-28(31)32-15)27(39)36(2)19-11-9-17(10-12-19)20(13-18-5-3-4-6-21(18)30)24-33-22-25(34-24)37(14-16-7-8-16)29(40)35-26(22)38/h3-6,9-12,16,20H,7-8,13-14H2,1-2H3,(H2,31,32)(H,33,34)(H,35,38,40). The number of carbonyl (C=O) groups is 1. The number of anilines is 2. The van der Waals surface area contributed by atoms with Gasteiger partial charge in [-0.2, -0.15) is 0 Å². The Hall–Kier alpha value is -4.58. The number of carbonyl (C=O) groups excluding carboxylic acids is 1. The summed E-state index contributed by atoms with van der Waals surface area (Å²) in [6.45, 7) is 2.22. The monoisotopic (exact) mass is 573 g/mol. The number of imidazole rings is 1. The molecule has 0 radical (unpaired) electrons. The number of aromatic nitrogens is 5. The first kappa shape index (κ1) is 26.6. The highest BCUT2D eigenvalue weighted by molar-refractivity contribution is 7.17. The molecule has 1 saturated carbocycles. The van der Waals surface area contributed by atoms with Gasteiger partial charge in [0.25, 0.3) is 11.5 Å². The van der Waals surface area contributed by atoms with E-state index in [0.29, 0.717) is 50.9 Å². The third-order valence-corrected chi connectivity index (χ3v) is 8.47. The van der Waals surface area contributed by atoms with Gasteiger partial charge in [0.15, 0.2) is 10.8 Å². The number of hydrogen-bond acceptors (Lipinski definition) is 7. The lowest BCUT2D eigenvalue weighted by Gasteiger charge is -2.20. The molecule has 3 aromatic heterocycles. The van der Waals surface area contributed by atoms with E-state index < -0.39 is 17.2 Å². The van der Waals surface area contributed by atoms with E-state index in [-0.39, 0.29) is 23.7 Å². The van der Waals surface area contributed by atoms with E-state index in [1.165, 1.54) is 15.5 Å². The quantitative estimate of drug-likeness (QED) is 0.256. The van der Waals surface area contributed by atoms with Gasteiger partial charge in [-0.3, -0.25) is 19.1 Å². The number of nitrogens with two attached hydrogens (primary N) is 1. The highest BCUT2D eigenvalue weighted by Crippen LogP contribution is 2.33. The third-order valence-electron chi connectivity index (χ3n) is 7.50. The van der Waals surface area contributed by atoms with Gasteiger partial charge in [0.2, 0.25) is 0 Å². The number of halogens is 1. The Morgan fingerprint density at radius 1 is 1.15 bits per heavy atom. The largest absolute Gasteiger partial charge is 0.375 e. The first-order chi connectivity index (χ1) is 19.7. The number of H-pyrrole nitrogens is 2. The summed E-state index contributed by atoms with van der Waals surface area (Å²) in [7, 11) is 1.67. The van der Waals surface area contributed by atoms with Crippen molar-refractivity contribution in [3.8, 4) is 0 Å². The average molecular weight is 574 g/mol. The third kappa shape index (κ3) is 5.18. The molecule has 0 saturated heterocycles. The first-order valence-corrected chi connectivity index (χ1v) is 14.1. The van der Waals surface area contributed by atoms with Gasteiger partial charge in [-0.1, -0.05) is 41.7 Å². The molecule has 1 aliphatic carbocycles. The molecule has 1 aliphatic rings. The predicted molar refractivity (Wildman–Crippen MR) is 156 cm³/mol. The minimum atomic E-state index is -0.546. The summed E-state index contributed by atoms with van der Waals surface area (Å²) in [5, 5.41) is 0.331. The smallest absolute Gasteiger partial charge is 0.330 e. The molecule has 5 aromatic rings. The zero-order valence-electron chi connectivity index (χ0n) is 22.5. The first-order valence-electron chi connectivity index (χ1n) is 13.3. The molecule has 4 N–H and O–H groups in total. The van der Waals surface area contributed by atoms with Crippen LogP contribution in [0.5, 0.6) is 0 Å². The van der Waals surface area contributed by atoms with Crippen LogP contribution in [-0.2, 0) is 13.0 Å². The van der Waals surface area contributed by atoms with Gasteiger partial charge in [0.05, 0.1) is 5.69 Å². The topological polar surface area (TPSA) is 143 Å². The molecule has 1 unspecified atom stereocenters. The van der Waals surface area contributed by atoms with Crippen LogP contribution < -0.4 is 21.9 Å². The van der Waals surface area contributed by atoms with Crippen LogP contribution in [0.3, 0.4) is 0 Å². The van der Waals surface area contributed by atoms with Crippen molar-refractivity contribution in [3.05, 3.63) is 103 Å². The molecule has 0 bridgehead atoms. The summed E-state index contributed by atoms with van der Waals surface area (Å²) in [6, 6.07) is 13.8. The molecule has 210 valence electrons. The van der Waals surface area contributed by atoms with Gasteiger partial charge < -0.3 is 15.6 Å². The van der Waals surface area contributed by atoms with Crippen LogP contribution in [0.15, 0.2) is 58.1 Å². The Morgan fingerprint density at radius 2 is 1.88 bits per heavy atom. The maximum Gasteiger partial charge on any atom is 0.330 e. The lowest BCUT2D eigenvalue weighted by atomic mass is 9.91. The molecule has 0 spiro atoms. The number of amides is 1. The molecule has 6 rings (SSSR count). The number of aromatic amines is 2. The lowest BCUT2D eigenvalue weighted by molar-refractivity contribution is 0.0996. The van der Waals surface area contributed by atoms with Gasteiger partial charge >= 0.3 is 5.69 Å². The summed E-state index contributed by atoms with van der Waals surface area (Å²) in [5.74, 6) is -0.219. The van der Waals surface area contributed by atoms with Crippen molar-refractivity contribution in [3.63, 3.8) is 0 Å². The summed E-state index contributed by atoms with van der Waals surface area (Å²) in [4.78, 5) is 54.8. The van der Waals surface area contributed by atoms with Crippen molar-refractivity contribution in [1.29, 1.82) is 0 Å². The second kappa shape index (κ2) is 10.4. The van der Waals surface area contributed by atoms with Gasteiger partial charge in [0, 0.05) is 25.2 Å². The Kier molecular flexibility index (Phi) is 6.78. The van der Waals surface area contributed by atoms with Gasteiger partial charge in [0.1, 0.15) is 22.0 Å². The van der Waals surface area contributed by atoms with Crippen LogP contribution in [0.25, 0.3) is 11.2 Å². The zero-order valence-corrected chi connectivity index (χ0v) is 23.3. The fraction of sp³-hybridized carbons (Fsp3) is 0.276. The Bertz CT molecular complexity index is 1890. The van der Waals surface area contributed by atoms with Gasteiger partial charge in [-0.05, 0) is 61.4 Å². The fourth-order valence-corrected chi connectivity index (χ4v) is 5.83. The maximum atomic E-state index is 14.8. The van der Waals surface area contributed by atoms with E-state index in [1.807, 2.05) is 12.1 Å². The molecule has 41 heavy (non-hydrogen) atoms. The summed E-state index contributed by atoms with van der Waals surface area (Å²) in [5.41, 5.74) is 7.74. The number of fused-ring (bicyclic) bond motifs is 1. The van der Waals surface area contributed by atoms with Gasteiger partial charge in [-0.15, -0.1) is 0 Å². The van der Waals surface area contributed by atoms with Crippen LogP contribution in [0.1, 0.15) is 51.1 Å². The molecule has 1 fully saturated rings. The highest BCUT2D eigenvalue weighted by Gasteiger charge is 2.27. The Labute approximate surface area is 237 Å². The molecule has 1 amide bonds. The number of benzene rings is 2. The number of hydrogen-bond donors (Lipinski definition) is 3. The second-order valence-electron chi connectivity index (χ2n) is 10.4. The number of rotatable bonds is 8. The van der Waals surface area contributed by atoms with E-state index in [9.17, 15) is 18.8 Å². The molecule has 2 aromatic carbocycles. The average Bonchev–Trinajstić information content (AvgIpc) is 3.56. The molecule has 3 heterocycles. The molecule has 10 nitrogen and oxygen atoms in total. The molecular formula is C29H28FN7O3S. The van der Waals surface area contributed by atoms with Crippen LogP contribution in [0.2, 0.25) is 0 Å². The highest BCUT2D eigenvalue weighted by atomic mass is 32.1. The van der Waals surface area contributed by atoms with Crippen molar-refractivity contribution >= 4 is 39.2 Å². The summed E-state index contributed by atoms with van der Waals surface area (Å²) in [6.07, 6.45) is 2.31. The molecule has 12 heteroatoms. The van der Waals surface area contributed by atoms with Crippen LogP contribution in [-0.4, -0.2) is 37.5 Å². The Balaban J connectivity index is 1.39. The van der Waals surface area contributed by atoms with Crippen molar-refractivity contribution in [1.82, 2.24) is 24.5 Å². The molecule has 0 aliphatic heterocycles. The van der Waals surface area contributed by atoms with E-state index >= 15 is 0 Å². The number of aryl methyl sites for hydroxylation is 1. The van der Waals surface area contributed by atoms with Crippen LogP contribution in [0.4, 0.5) is 15.2 Å². The van der Waals surface area contributed by atoms with Crippen molar-refractivity contribution in [2.24, 2.45) is 5.92 Å². The summed E-state index contributed by atoms with van der Waals surface area (Å²) < 4.78 is 16.3. The normalized spacial score (nSPS) is 13.9. The molecular weight excluding hydrogens is 545 g/mol. The number of nitrogen functional groups attached to an aromatic ring is 1. The SMILES string of the molecule is Cc1nc(N)sc1C(=O)N(C)c1ccc(C(Cc2ccccc2F)c2nc3c([nH]2)c(=O)[nH]c(=O)n3CC2CC2)cc1. The van der Waals surface area contributed by atoms with E-state index in [2.05, 4.69) is 15.0 Å². The number of nitrogens with zero attached hydrogens (tertiary/aromatic N) is 4.